The first-order valence-corrected chi connectivity index (χ1v) is 13.0. The van der Waals surface area contributed by atoms with E-state index in [0.717, 1.165) is 16.6 Å². The van der Waals surface area contributed by atoms with Crippen molar-refractivity contribution >= 4 is 42.9 Å². The summed E-state index contributed by atoms with van der Waals surface area (Å²) in [7, 11) is -6.14. The highest BCUT2D eigenvalue weighted by Crippen LogP contribution is 2.25. The van der Waals surface area contributed by atoms with Crippen molar-refractivity contribution in [3.8, 4) is 0 Å². The van der Waals surface area contributed by atoms with E-state index in [9.17, 15) is 26.0 Å². The van der Waals surface area contributed by atoms with E-state index in [1.165, 1.54) is 67.7 Å². The minimum atomic E-state index is -4.04. The number of carbonyl (C=O) groups excluding carboxylic acids is 1. The normalized spacial score (nSPS) is 11.9. The molecule has 0 saturated heterocycles. The van der Waals surface area contributed by atoms with Crippen LogP contribution in [0.5, 0.6) is 0 Å². The molecule has 0 heterocycles. The summed E-state index contributed by atoms with van der Waals surface area (Å²) in [5.74, 6) is -1.07. The molecule has 0 aliphatic carbocycles. The van der Waals surface area contributed by atoms with E-state index in [1.807, 2.05) is 0 Å². The van der Waals surface area contributed by atoms with Crippen molar-refractivity contribution in [3.05, 3.63) is 88.7 Å². The number of Topliss-reactive ketones (excluding diaryl/α,β-unsaturated/α-hetero) is 1. The van der Waals surface area contributed by atoms with Crippen molar-refractivity contribution < 1.29 is 26.0 Å². The van der Waals surface area contributed by atoms with Crippen LogP contribution in [0.4, 0.5) is 10.1 Å². The molecule has 0 N–H and O–H groups in total. The highest BCUT2D eigenvalue weighted by atomic mass is 35.5. The largest absolute Gasteiger partial charge is 0.294 e. The lowest BCUT2D eigenvalue weighted by Crippen LogP contribution is -2.26. The van der Waals surface area contributed by atoms with Crippen LogP contribution in [0.3, 0.4) is 0 Å². The molecule has 0 bridgehead atoms. The smallest absolute Gasteiger partial charge is 0.264 e. The lowest BCUT2D eigenvalue weighted by atomic mass is 10.0. The maximum Gasteiger partial charge on any atom is 0.264 e. The molecule has 0 aromatic heterocycles. The molecule has 0 spiro atoms. The number of anilines is 1. The highest BCUT2D eigenvalue weighted by molar-refractivity contribution is 7.92. The van der Waals surface area contributed by atoms with Gasteiger partial charge in [-0.3, -0.25) is 9.10 Å². The second kappa shape index (κ2) is 9.01. The van der Waals surface area contributed by atoms with Crippen LogP contribution in [0.15, 0.2) is 76.5 Å². The fourth-order valence-corrected chi connectivity index (χ4v) is 5.00. The number of sulfonamides is 1. The summed E-state index contributed by atoms with van der Waals surface area (Å²) in [6.07, 6.45) is 0.802. The second-order valence-electron chi connectivity index (χ2n) is 7.10. The van der Waals surface area contributed by atoms with Gasteiger partial charge in [0, 0.05) is 30.3 Å². The molecule has 32 heavy (non-hydrogen) atoms. The van der Waals surface area contributed by atoms with Crippen LogP contribution in [-0.2, 0) is 26.3 Å². The summed E-state index contributed by atoms with van der Waals surface area (Å²) in [5, 5.41) is 0.208. The molecule has 0 unspecified atom stereocenters. The molecule has 0 radical (unpaired) electrons. The fourth-order valence-electron chi connectivity index (χ4n) is 2.97. The van der Waals surface area contributed by atoms with Crippen LogP contribution in [0.2, 0.25) is 5.02 Å². The molecule has 6 nitrogen and oxygen atoms in total. The third kappa shape index (κ3) is 5.17. The number of benzene rings is 3. The van der Waals surface area contributed by atoms with Crippen LogP contribution in [-0.4, -0.2) is 35.9 Å². The van der Waals surface area contributed by atoms with Crippen molar-refractivity contribution in [2.24, 2.45) is 0 Å². The molecule has 0 aliphatic rings. The average Bonchev–Trinajstić information content (AvgIpc) is 2.74. The summed E-state index contributed by atoms with van der Waals surface area (Å²) in [6.45, 7) is 0. The number of carbonyl (C=O) groups is 1. The van der Waals surface area contributed by atoms with E-state index < -0.39 is 31.5 Å². The topological polar surface area (TPSA) is 88.6 Å². The van der Waals surface area contributed by atoms with Gasteiger partial charge in [-0.2, -0.15) is 0 Å². The first-order valence-electron chi connectivity index (χ1n) is 9.26. The molecule has 3 aromatic rings. The van der Waals surface area contributed by atoms with E-state index in [2.05, 4.69) is 0 Å². The van der Waals surface area contributed by atoms with Gasteiger partial charge in [-0.1, -0.05) is 29.8 Å². The van der Waals surface area contributed by atoms with Gasteiger partial charge in [0.05, 0.1) is 15.5 Å². The Labute approximate surface area is 191 Å². The van der Waals surface area contributed by atoms with Gasteiger partial charge in [-0.25, -0.2) is 21.2 Å². The van der Waals surface area contributed by atoms with Crippen LogP contribution in [0, 0.1) is 5.82 Å². The summed E-state index contributed by atoms with van der Waals surface area (Å²) in [6, 6.07) is 14.8. The lowest BCUT2D eigenvalue weighted by molar-refractivity contribution is 0.0991. The van der Waals surface area contributed by atoms with E-state index in [-0.39, 0.29) is 38.0 Å². The Morgan fingerprint density at radius 3 is 2.19 bits per heavy atom. The van der Waals surface area contributed by atoms with Gasteiger partial charge >= 0.3 is 0 Å². The van der Waals surface area contributed by atoms with Crippen molar-refractivity contribution in [1.82, 2.24) is 0 Å². The number of rotatable bonds is 7. The first-order chi connectivity index (χ1) is 14.9. The second-order valence-corrected chi connectivity index (χ2v) is 11.5. The number of nitrogens with zero attached hydrogens (tertiary/aromatic N) is 1. The Morgan fingerprint density at radius 1 is 0.938 bits per heavy atom. The zero-order chi connectivity index (χ0) is 23.7. The minimum Gasteiger partial charge on any atom is -0.294 e. The van der Waals surface area contributed by atoms with E-state index in [1.54, 1.807) is 0 Å². The summed E-state index contributed by atoms with van der Waals surface area (Å²) in [5.41, 5.74) is 0.509. The predicted molar refractivity (Wildman–Crippen MR) is 121 cm³/mol. The summed E-state index contributed by atoms with van der Waals surface area (Å²) in [4.78, 5) is 12.6. The number of ketones is 1. The van der Waals surface area contributed by atoms with E-state index in [4.69, 9.17) is 11.6 Å². The standard InChI is InChI=1S/C22H19ClFNO5S2/c1-25(18-8-10-19(11-9-18)31(2,27)28)32(29,30)20-5-3-4-16(12-20)22(26)13-15-6-7-17(23)14-21(15)24/h3-12,14H,13H2,1-2H3. The molecular formula is C22H19ClFNO5S2. The van der Waals surface area contributed by atoms with Gasteiger partial charge in [-0.15, -0.1) is 0 Å². The number of halogens is 2. The number of hydrogen-bond acceptors (Lipinski definition) is 5. The van der Waals surface area contributed by atoms with Gasteiger partial charge < -0.3 is 0 Å². The SMILES string of the molecule is CN(c1ccc(S(C)(=O)=O)cc1)S(=O)(=O)c1cccc(C(=O)Cc2ccc(Cl)cc2F)c1. The van der Waals surface area contributed by atoms with Crippen molar-refractivity contribution in [2.75, 3.05) is 17.6 Å². The van der Waals surface area contributed by atoms with Crippen LogP contribution >= 0.6 is 11.6 Å². The third-order valence-electron chi connectivity index (χ3n) is 4.81. The fraction of sp³-hybridized carbons (Fsp3) is 0.136. The number of sulfone groups is 1. The summed E-state index contributed by atoms with van der Waals surface area (Å²) < 4.78 is 64.3. The van der Waals surface area contributed by atoms with Crippen LogP contribution in [0.1, 0.15) is 15.9 Å². The lowest BCUT2D eigenvalue weighted by Gasteiger charge is -2.20. The molecule has 0 amide bonds. The monoisotopic (exact) mass is 495 g/mol. The maximum atomic E-state index is 14.0. The van der Waals surface area contributed by atoms with Crippen molar-refractivity contribution in [3.63, 3.8) is 0 Å². The van der Waals surface area contributed by atoms with Crippen LogP contribution in [0.25, 0.3) is 0 Å². The molecular weight excluding hydrogens is 477 g/mol. The summed E-state index contributed by atoms with van der Waals surface area (Å²) >= 11 is 5.73. The molecule has 3 aromatic carbocycles. The Morgan fingerprint density at radius 2 is 1.59 bits per heavy atom. The van der Waals surface area contributed by atoms with Gasteiger partial charge in [0.25, 0.3) is 10.0 Å². The zero-order valence-corrected chi connectivity index (χ0v) is 19.5. The first kappa shape index (κ1) is 23.9. The highest BCUT2D eigenvalue weighted by Gasteiger charge is 2.23. The van der Waals surface area contributed by atoms with Gasteiger partial charge in [0.1, 0.15) is 5.82 Å². The molecule has 0 fully saturated rings. The Hall–Kier alpha value is -2.75. The minimum absolute atomic E-state index is 0.0640. The van der Waals surface area contributed by atoms with Crippen molar-refractivity contribution in [1.29, 1.82) is 0 Å². The van der Waals surface area contributed by atoms with Gasteiger partial charge in [0.15, 0.2) is 15.6 Å². The molecule has 0 aliphatic heterocycles. The Bertz CT molecular complexity index is 1390. The van der Waals surface area contributed by atoms with Gasteiger partial charge in [-0.05, 0) is 54.1 Å². The predicted octanol–water partition coefficient (Wildman–Crippen LogP) is 4.13. The van der Waals surface area contributed by atoms with Crippen LogP contribution < -0.4 is 4.31 Å². The maximum absolute atomic E-state index is 14.0. The van der Waals surface area contributed by atoms with E-state index in [0.29, 0.717) is 0 Å². The molecule has 0 atom stereocenters. The zero-order valence-electron chi connectivity index (χ0n) is 17.1. The van der Waals surface area contributed by atoms with E-state index >= 15 is 0 Å². The molecule has 3 rings (SSSR count). The molecule has 0 saturated carbocycles. The molecule has 10 heteroatoms. The third-order valence-corrected chi connectivity index (χ3v) is 7.95. The average molecular weight is 496 g/mol. The quantitative estimate of drug-likeness (QED) is 0.460. The Kier molecular flexibility index (Phi) is 6.73. The molecule has 168 valence electrons. The van der Waals surface area contributed by atoms with Crippen molar-refractivity contribution in [2.45, 2.75) is 16.2 Å². The van der Waals surface area contributed by atoms with Gasteiger partial charge in [0.2, 0.25) is 0 Å². The Balaban J connectivity index is 1.87. The number of hydrogen-bond donors (Lipinski definition) is 0.